The van der Waals surface area contributed by atoms with Gasteiger partial charge in [-0.25, -0.2) is 17.9 Å². The molecule has 106 valence electrons. The molecule has 9 heteroatoms. The van der Waals surface area contributed by atoms with Crippen molar-refractivity contribution < 1.29 is 27.9 Å². The number of carboxylic acids is 1. The van der Waals surface area contributed by atoms with Gasteiger partial charge in [0.05, 0.1) is 13.5 Å². The third-order valence-electron chi connectivity index (χ3n) is 2.36. The number of hydrogen-bond donors (Lipinski definition) is 2. The van der Waals surface area contributed by atoms with Gasteiger partial charge in [-0.05, 0) is 6.07 Å². The highest BCUT2D eigenvalue weighted by molar-refractivity contribution is 7.89. The summed E-state index contributed by atoms with van der Waals surface area (Å²) in [5.41, 5.74) is -0.145. The van der Waals surface area contributed by atoms with Crippen LogP contribution in [0.4, 0.5) is 0 Å². The fourth-order valence-corrected chi connectivity index (χ4v) is 2.47. The number of nitrogens with one attached hydrogen (secondary N) is 1. The van der Waals surface area contributed by atoms with Gasteiger partial charge >= 0.3 is 11.9 Å². The van der Waals surface area contributed by atoms with E-state index in [2.05, 4.69) is 9.46 Å². The monoisotopic (exact) mass is 290 g/mol. The van der Waals surface area contributed by atoms with Crippen molar-refractivity contribution in [2.45, 2.75) is 11.3 Å². The van der Waals surface area contributed by atoms with E-state index in [9.17, 15) is 18.0 Å². The zero-order chi connectivity index (χ0) is 14.6. The molecule has 0 saturated heterocycles. The van der Waals surface area contributed by atoms with Crippen LogP contribution >= 0.6 is 0 Å². The van der Waals surface area contributed by atoms with E-state index in [-0.39, 0.29) is 23.6 Å². The van der Waals surface area contributed by atoms with Crippen LogP contribution in [-0.2, 0) is 26.6 Å². The predicted octanol–water partition coefficient (Wildman–Crippen LogP) is -0.435. The van der Waals surface area contributed by atoms with Crippen molar-refractivity contribution in [2.24, 2.45) is 7.05 Å². The average Bonchev–Trinajstić information content (AvgIpc) is 2.71. The first-order valence-corrected chi connectivity index (χ1v) is 6.72. The summed E-state index contributed by atoms with van der Waals surface area (Å²) < 4.78 is 31.4. The van der Waals surface area contributed by atoms with Crippen molar-refractivity contribution in [3.05, 3.63) is 18.0 Å². The van der Waals surface area contributed by atoms with E-state index in [4.69, 9.17) is 5.11 Å². The molecule has 0 spiro atoms. The zero-order valence-corrected chi connectivity index (χ0v) is 11.2. The SMILES string of the molecule is COC(=O)CCNS(=O)(=O)c1cc(C(=O)O)n(C)c1. The fraction of sp³-hybridized carbons (Fsp3) is 0.400. The van der Waals surface area contributed by atoms with E-state index in [0.717, 1.165) is 6.07 Å². The third-order valence-corrected chi connectivity index (χ3v) is 3.79. The number of carbonyl (C=O) groups excluding carboxylic acids is 1. The van der Waals surface area contributed by atoms with Crippen LogP contribution in [-0.4, -0.2) is 43.7 Å². The molecular weight excluding hydrogens is 276 g/mol. The normalized spacial score (nSPS) is 11.3. The van der Waals surface area contributed by atoms with E-state index in [1.54, 1.807) is 0 Å². The molecule has 8 nitrogen and oxygen atoms in total. The highest BCUT2D eigenvalue weighted by Gasteiger charge is 2.20. The number of sulfonamides is 1. The molecule has 0 aliphatic carbocycles. The Morgan fingerprint density at radius 3 is 2.58 bits per heavy atom. The number of nitrogens with zero attached hydrogens (tertiary/aromatic N) is 1. The van der Waals surface area contributed by atoms with Crippen LogP contribution in [0.15, 0.2) is 17.2 Å². The lowest BCUT2D eigenvalue weighted by molar-refractivity contribution is -0.140. The van der Waals surface area contributed by atoms with Crippen LogP contribution in [0.3, 0.4) is 0 Å². The fourth-order valence-electron chi connectivity index (χ4n) is 1.37. The lowest BCUT2D eigenvalue weighted by Gasteiger charge is -2.03. The molecule has 2 N–H and O–H groups in total. The number of aromatic carboxylic acids is 1. The van der Waals surface area contributed by atoms with Gasteiger partial charge in [0.25, 0.3) is 0 Å². The molecule has 0 atom stereocenters. The predicted molar refractivity (Wildman–Crippen MR) is 64.2 cm³/mol. The second-order valence-electron chi connectivity index (χ2n) is 3.70. The van der Waals surface area contributed by atoms with Crippen LogP contribution in [0, 0.1) is 0 Å². The molecule has 1 aromatic rings. The molecule has 0 aliphatic heterocycles. The Kier molecular flexibility index (Phi) is 4.67. The van der Waals surface area contributed by atoms with Gasteiger partial charge in [-0.2, -0.15) is 0 Å². The molecule has 0 aromatic carbocycles. The number of rotatable bonds is 6. The summed E-state index contributed by atoms with van der Waals surface area (Å²) in [5.74, 6) is -1.76. The number of carboxylic acid groups (broad SMARTS) is 1. The lowest BCUT2D eigenvalue weighted by atomic mass is 10.4. The van der Waals surface area contributed by atoms with E-state index in [1.165, 1.54) is 24.9 Å². The second kappa shape index (κ2) is 5.85. The maximum Gasteiger partial charge on any atom is 0.352 e. The zero-order valence-electron chi connectivity index (χ0n) is 10.4. The van der Waals surface area contributed by atoms with Gasteiger partial charge in [0, 0.05) is 19.8 Å². The van der Waals surface area contributed by atoms with Gasteiger partial charge in [-0.3, -0.25) is 4.79 Å². The van der Waals surface area contributed by atoms with Crippen molar-refractivity contribution in [1.82, 2.24) is 9.29 Å². The smallest absolute Gasteiger partial charge is 0.352 e. The number of methoxy groups -OCH3 is 1. The Morgan fingerprint density at radius 2 is 2.11 bits per heavy atom. The van der Waals surface area contributed by atoms with Crippen LogP contribution in [0.5, 0.6) is 0 Å². The molecule has 1 rings (SSSR count). The van der Waals surface area contributed by atoms with Gasteiger partial charge < -0.3 is 14.4 Å². The number of esters is 1. The Labute approximate surface area is 110 Å². The van der Waals surface area contributed by atoms with E-state index < -0.39 is 22.0 Å². The lowest BCUT2D eigenvalue weighted by Crippen LogP contribution is -2.26. The first-order chi connectivity index (χ1) is 8.77. The van der Waals surface area contributed by atoms with Crippen LogP contribution in [0.2, 0.25) is 0 Å². The van der Waals surface area contributed by atoms with Crippen LogP contribution in [0.1, 0.15) is 16.9 Å². The number of hydrogen-bond acceptors (Lipinski definition) is 5. The van der Waals surface area contributed by atoms with Crippen molar-refractivity contribution in [3.63, 3.8) is 0 Å². The largest absolute Gasteiger partial charge is 0.477 e. The Morgan fingerprint density at radius 1 is 1.47 bits per heavy atom. The van der Waals surface area contributed by atoms with Gasteiger partial charge in [-0.15, -0.1) is 0 Å². The molecule has 1 aromatic heterocycles. The van der Waals surface area contributed by atoms with Gasteiger partial charge in [0.15, 0.2) is 0 Å². The Hall–Kier alpha value is -1.87. The number of aromatic nitrogens is 1. The van der Waals surface area contributed by atoms with Crippen LogP contribution < -0.4 is 4.72 Å². The minimum absolute atomic E-state index is 0.103. The molecule has 0 fully saturated rings. The highest BCUT2D eigenvalue weighted by atomic mass is 32.2. The maximum atomic E-state index is 11.8. The van der Waals surface area contributed by atoms with Crippen molar-refractivity contribution in [2.75, 3.05) is 13.7 Å². The molecule has 1 heterocycles. The summed E-state index contributed by atoms with van der Waals surface area (Å²) in [5, 5.41) is 8.83. The summed E-state index contributed by atoms with van der Waals surface area (Å²) >= 11 is 0. The summed E-state index contributed by atoms with van der Waals surface area (Å²) in [4.78, 5) is 21.5. The summed E-state index contributed by atoms with van der Waals surface area (Å²) in [6.07, 6.45) is 1.08. The van der Waals surface area contributed by atoms with E-state index in [0.29, 0.717) is 0 Å². The van der Waals surface area contributed by atoms with E-state index >= 15 is 0 Å². The standard InChI is InChI=1S/C10H14N2O6S/c1-12-6-7(5-8(12)10(14)15)19(16,17)11-4-3-9(13)18-2/h5-6,11H,3-4H2,1-2H3,(H,14,15). The van der Waals surface area contributed by atoms with Crippen molar-refractivity contribution >= 4 is 22.0 Å². The quantitative estimate of drug-likeness (QED) is 0.687. The second-order valence-corrected chi connectivity index (χ2v) is 5.47. The summed E-state index contributed by atoms with van der Waals surface area (Å²) in [6, 6.07) is 1.04. The topological polar surface area (TPSA) is 115 Å². The molecule has 0 radical (unpaired) electrons. The molecule has 0 amide bonds. The molecule has 0 saturated carbocycles. The first-order valence-electron chi connectivity index (χ1n) is 5.24. The number of ether oxygens (including phenoxy) is 1. The third kappa shape index (κ3) is 3.80. The van der Waals surface area contributed by atoms with Crippen molar-refractivity contribution in [3.8, 4) is 0 Å². The Balaban J connectivity index is 2.80. The average molecular weight is 290 g/mol. The minimum Gasteiger partial charge on any atom is -0.477 e. The summed E-state index contributed by atoms with van der Waals surface area (Å²) in [6.45, 7) is -0.119. The van der Waals surface area contributed by atoms with Crippen molar-refractivity contribution in [1.29, 1.82) is 0 Å². The molecule has 19 heavy (non-hydrogen) atoms. The minimum atomic E-state index is -3.84. The van der Waals surface area contributed by atoms with Gasteiger partial charge in [0.1, 0.15) is 10.6 Å². The maximum absolute atomic E-state index is 11.8. The number of carbonyl (C=O) groups is 2. The number of aryl methyl sites for hydroxylation is 1. The Bertz CT molecular complexity index is 589. The molecular formula is C10H14N2O6S. The molecule has 0 bridgehead atoms. The van der Waals surface area contributed by atoms with Gasteiger partial charge in [0.2, 0.25) is 10.0 Å². The van der Waals surface area contributed by atoms with Gasteiger partial charge in [-0.1, -0.05) is 0 Å². The highest BCUT2D eigenvalue weighted by Crippen LogP contribution is 2.13. The van der Waals surface area contributed by atoms with E-state index in [1.807, 2.05) is 0 Å². The first kappa shape index (κ1) is 15.2. The summed E-state index contributed by atoms with van der Waals surface area (Å²) in [7, 11) is -1.21. The molecule has 0 aliphatic rings. The van der Waals surface area contributed by atoms with Crippen LogP contribution in [0.25, 0.3) is 0 Å². The molecule has 0 unspecified atom stereocenters.